The third kappa shape index (κ3) is 3.22. The number of carbonyl (C=O) groups is 1. The lowest BCUT2D eigenvalue weighted by molar-refractivity contribution is -0.131. The molecule has 1 aromatic carbocycles. The molecule has 128 valence electrons. The fourth-order valence-electron chi connectivity index (χ4n) is 3.59. The lowest BCUT2D eigenvalue weighted by atomic mass is 10.1. The van der Waals surface area contributed by atoms with E-state index in [1.165, 1.54) is 0 Å². The van der Waals surface area contributed by atoms with Gasteiger partial charge >= 0.3 is 0 Å². The number of likely N-dealkylation sites (tertiary alicyclic amines) is 1. The quantitative estimate of drug-likeness (QED) is 0.736. The van der Waals surface area contributed by atoms with Crippen LogP contribution in [0.2, 0.25) is 0 Å². The molecule has 1 saturated heterocycles. The van der Waals surface area contributed by atoms with Crippen LogP contribution in [0, 0.1) is 0 Å². The van der Waals surface area contributed by atoms with Gasteiger partial charge in [0.2, 0.25) is 5.91 Å². The van der Waals surface area contributed by atoms with E-state index in [2.05, 4.69) is 21.8 Å². The second-order valence-corrected chi connectivity index (χ2v) is 6.63. The van der Waals surface area contributed by atoms with Crippen molar-refractivity contribution in [2.45, 2.75) is 25.3 Å². The molecular weight excluding hydrogens is 312 g/mol. The zero-order valence-electron chi connectivity index (χ0n) is 14.4. The SMILES string of the molecule is Cn1cc(C2CCCN2C(=O)Cc2ccc(-n3cccc3)cc2)cn1. The molecule has 3 aromatic rings. The molecule has 0 saturated carbocycles. The fourth-order valence-corrected chi connectivity index (χ4v) is 3.59. The lowest BCUT2D eigenvalue weighted by Gasteiger charge is -2.24. The van der Waals surface area contributed by atoms with Crippen molar-refractivity contribution in [1.82, 2.24) is 19.2 Å². The molecule has 3 heterocycles. The standard InChI is InChI=1S/C20H22N4O/c1-22-15-17(14-21-22)19-5-4-12-24(19)20(25)13-16-6-8-18(9-7-16)23-10-2-3-11-23/h2-3,6-11,14-15,19H,4-5,12-13H2,1H3. The summed E-state index contributed by atoms with van der Waals surface area (Å²) in [6.07, 6.45) is 10.4. The summed E-state index contributed by atoms with van der Waals surface area (Å²) in [5.74, 6) is 0.195. The van der Waals surface area contributed by atoms with Crippen molar-refractivity contribution in [1.29, 1.82) is 0 Å². The van der Waals surface area contributed by atoms with E-state index in [9.17, 15) is 4.79 Å². The van der Waals surface area contributed by atoms with Gasteiger partial charge in [0.15, 0.2) is 0 Å². The normalized spacial score (nSPS) is 17.2. The highest BCUT2D eigenvalue weighted by atomic mass is 16.2. The third-order valence-electron chi connectivity index (χ3n) is 4.88. The summed E-state index contributed by atoms with van der Waals surface area (Å²) >= 11 is 0. The lowest BCUT2D eigenvalue weighted by Crippen LogP contribution is -2.31. The minimum atomic E-state index is 0.167. The van der Waals surface area contributed by atoms with Gasteiger partial charge in [-0.15, -0.1) is 0 Å². The van der Waals surface area contributed by atoms with Gasteiger partial charge in [-0.3, -0.25) is 9.48 Å². The Balaban J connectivity index is 1.46. The molecule has 0 radical (unpaired) electrons. The van der Waals surface area contributed by atoms with Crippen molar-refractivity contribution in [3.8, 4) is 5.69 Å². The first-order valence-corrected chi connectivity index (χ1v) is 8.71. The Kier molecular flexibility index (Phi) is 4.14. The average molecular weight is 334 g/mol. The molecule has 1 aliphatic rings. The van der Waals surface area contributed by atoms with Crippen LogP contribution in [0.15, 0.2) is 61.2 Å². The van der Waals surface area contributed by atoms with E-state index in [-0.39, 0.29) is 11.9 Å². The molecule has 0 aliphatic carbocycles. The van der Waals surface area contributed by atoms with Crippen LogP contribution in [0.25, 0.3) is 5.69 Å². The van der Waals surface area contributed by atoms with Gasteiger partial charge in [0.1, 0.15) is 0 Å². The van der Waals surface area contributed by atoms with Crippen molar-refractivity contribution < 1.29 is 4.79 Å². The van der Waals surface area contributed by atoms with Crippen LogP contribution >= 0.6 is 0 Å². The van der Waals surface area contributed by atoms with Crippen LogP contribution in [0.5, 0.6) is 0 Å². The van der Waals surface area contributed by atoms with Gasteiger partial charge in [-0.25, -0.2) is 0 Å². The zero-order valence-corrected chi connectivity index (χ0v) is 14.4. The van der Waals surface area contributed by atoms with Crippen molar-refractivity contribution >= 4 is 5.91 Å². The first kappa shape index (κ1) is 15.7. The summed E-state index contributed by atoms with van der Waals surface area (Å²) in [6.45, 7) is 0.833. The van der Waals surface area contributed by atoms with Crippen molar-refractivity contribution in [3.63, 3.8) is 0 Å². The molecule has 2 aromatic heterocycles. The van der Waals surface area contributed by atoms with Gasteiger partial charge in [-0.2, -0.15) is 5.10 Å². The Morgan fingerprint density at radius 3 is 2.64 bits per heavy atom. The molecule has 5 nitrogen and oxygen atoms in total. The van der Waals surface area contributed by atoms with Crippen molar-refractivity contribution in [2.75, 3.05) is 6.54 Å². The highest BCUT2D eigenvalue weighted by Gasteiger charge is 2.30. The second-order valence-electron chi connectivity index (χ2n) is 6.63. The molecule has 0 spiro atoms. The van der Waals surface area contributed by atoms with Crippen LogP contribution in [0.1, 0.15) is 30.0 Å². The third-order valence-corrected chi connectivity index (χ3v) is 4.88. The molecule has 4 rings (SSSR count). The number of nitrogens with zero attached hydrogens (tertiary/aromatic N) is 4. The highest BCUT2D eigenvalue weighted by molar-refractivity contribution is 5.79. The number of amides is 1. The van der Waals surface area contributed by atoms with E-state index in [1.54, 1.807) is 4.68 Å². The minimum Gasteiger partial charge on any atom is -0.335 e. The Morgan fingerprint density at radius 1 is 1.20 bits per heavy atom. The molecule has 1 atom stereocenters. The topological polar surface area (TPSA) is 43.1 Å². The summed E-state index contributed by atoms with van der Waals surface area (Å²) in [6, 6.07) is 12.4. The van der Waals surface area contributed by atoms with E-state index in [0.29, 0.717) is 6.42 Å². The summed E-state index contributed by atoms with van der Waals surface area (Å²) in [7, 11) is 1.91. The number of carbonyl (C=O) groups excluding carboxylic acids is 1. The maximum absolute atomic E-state index is 12.8. The molecule has 5 heteroatoms. The van der Waals surface area contributed by atoms with Crippen molar-refractivity contribution in [2.24, 2.45) is 7.05 Å². The van der Waals surface area contributed by atoms with Crippen LogP contribution in [-0.4, -0.2) is 31.7 Å². The van der Waals surface area contributed by atoms with Gasteiger partial charge in [0.05, 0.1) is 18.7 Å². The maximum atomic E-state index is 12.8. The van der Waals surface area contributed by atoms with E-state index >= 15 is 0 Å². The summed E-state index contributed by atoms with van der Waals surface area (Å²) < 4.78 is 3.86. The Bertz CT molecular complexity index is 848. The molecule has 0 bridgehead atoms. The van der Waals surface area contributed by atoms with E-state index in [0.717, 1.165) is 36.2 Å². The van der Waals surface area contributed by atoms with Crippen LogP contribution in [0.4, 0.5) is 0 Å². The van der Waals surface area contributed by atoms with Gasteiger partial charge in [-0.05, 0) is 42.7 Å². The minimum absolute atomic E-state index is 0.167. The Hall–Kier alpha value is -2.82. The number of aromatic nitrogens is 3. The van der Waals surface area contributed by atoms with E-state index in [4.69, 9.17) is 0 Å². The molecule has 1 fully saturated rings. The fraction of sp³-hybridized carbons (Fsp3) is 0.300. The summed E-state index contributed by atoms with van der Waals surface area (Å²) in [4.78, 5) is 14.8. The number of aryl methyl sites for hydroxylation is 1. The zero-order chi connectivity index (χ0) is 17.2. The van der Waals surface area contributed by atoms with E-state index < -0.39 is 0 Å². The first-order valence-electron chi connectivity index (χ1n) is 8.71. The Labute approximate surface area is 147 Å². The highest BCUT2D eigenvalue weighted by Crippen LogP contribution is 2.32. The molecular formula is C20H22N4O. The molecule has 1 amide bonds. The van der Waals surface area contributed by atoms with Crippen LogP contribution < -0.4 is 0 Å². The first-order chi connectivity index (χ1) is 12.2. The van der Waals surface area contributed by atoms with Gasteiger partial charge in [0.25, 0.3) is 0 Å². The van der Waals surface area contributed by atoms with Crippen LogP contribution in [-0.2, 0) is 18.3 Å². The second kappa shape index (κ2) is 6.59. The molecule has 25 heavy (non-hydrogen) atoms. The number of hydrogen-bond donors (Lipinski definition) is 0. The predicted molar refractivity (Wildman–Crippen MR) is 96.4 cm³/mol. The molecule has 1 unspecified atom stereocenters. The smallest absolute Gasteiger partial charge is 0.227 e. The maximum Gasteiger partial charge on any atom is 0.227 e. The average Bonchev–Trinajstić information content (AvgIpc) is 3.36. The number of benzene rings is 1. The van der Waals surface area contributed by atoms with Gasteiger partial charge < -0.3 is 9.47 Å². The van der Waals surface area contributed by atoms with Gasteiger partial charge in [-0.1, -0.05) is 12.1 Å². The number of hydrogen-bond acceptors (Lipinski definition) is 2. The summed E-state index contributed by atoms with van der Waals surface area (Å²) in [5.41, 5.74) is 3.30. The number of rotatable bonds is 4. The molecule has 1 aliphatic heterocycles. The largest absolute Gasteiger partial charge is 0.335 e. The van der Waals surface area contributed by atoms with E-state index in [1.807, 2.05) is 61.0 Å². The van der Waals surface area contributed by atoms with Crippen molar-refractivity contribution in [3.05, 3.63) is 72.3 Å². The molecule has 0 N–H and O–H groups in total. The predicted octanol–water partition coefficient (Wildman–Crippen LogP) is 3.12. The Morgan fingerprint density at radius 2 is 1.96 bits per heavy atom. The van der Waals surface area contributed by atoms with Crippen LogP contribution in [0.3, 0.4) is 0 Å². The summed E-state index contributed by atoms with van der Waals surface area (Å²) in [5, 5.41) is 4.25. The monoisotopic (exact) mass is 334 g/mol. The van der Waals surface area contributed by atoms with Gasteiger partial charge in [0, 0.05) is 43.4 Å².